The van der Waals surface area contributed by atoms with E-state index >= 15 is 0 Å². The highest BCUT2D eigenvalue weighted by atomic mass is 35.5. The minimum atomic E-state index is -1.13. The Bertz CT molecular complexity index is 969. The van der Waals surface area contributed by atoms with E-state index in [9.17, 15) is 14.4 Å². The number of hydrogen-bond donors (Lipinski definition) is 0. The topological polar surface area (TPSA) is 85.3 Å². The Labute approximate surface area is 159 Å². The monoisotopic (exact) mass is 384 g/mol. The number of ketones is 1. The maximum absolute atomic E-state index is 12.9. The Morgan fingerprint density at radius 2 is 1.74 bits per heavy atom. The minimum absolute atomic E-state index is 0.0864. The van der Waals surface area contributed by atoms with Gasteiger partial charge in [-0.15, -0.1) is 0 Å². The van der Waals surface area contributed by atoms with Crippen molar-refractivity contribution in [2.75, 3.05) is 12.0 Å². The number of anilines is 1. The van der Waals surface area contributed by atoms with E-state index in [1.165, 1.54) is 19.2 Å². The van der Waals surface area contributed by atoms with E-state index in [-0.39, 0.29) is 5.71 Å². The molecule has 2 heterocycles. The summed E-state index contributed by atoms with van der Waals surface area (Å²) >= 11 is 5.84. The molecule has 2 aromatic carbocycles. The van der Waals surface area contributed by atoms with Gasteiger partial charge in [-0.1, -0.05) is 16.8 Å². The summed E-state index contributed by atoms with van der Waals surface area (Å²) in [6.45, 7) is 0. The van der Waals surface area contributed by atoms with Gasteiger partial charge in [0.15, 0.2) is 0 Å². The maximum atomic E-state index is 12.9. The third-order valence-corrected chi connectivity index (χ3v) is 4.73. The van der Waals surface area contributed by atoms with E-state index in [1.807, 2.05) is 0 Å². The number of carbonyl (C=O) groups is 3. The molecule has 0 radical (unpaired) electrons. The van der Waals surface area contributed by atoms with Gasteiger partial charge in [-0.05, 0) is 48.5 Å². The van der Waals surface area contributed by atoms with E-state index in [1.54, 1.807) is 36.4 Å². The summed E-state index contributed by atoms with van der Waals surface area (Å²) in [7, 11) is 1.52. The summed E-state index contributed by atoms with van der Waals surface area (Å²) in [5.74, 6) is -2.05. The number of benzene rings is 2. The molecule has 0 spiro atoms. The van der Waals surface area contributed by atoms with Gasteiger partial charge >= 0.3 is 0 Å². The first kappa shape index (κ1) is 17.2. The molecule has 8 heteroatoms. The molecule has 0 aliphatic carbocycles. The summed E-state index contributed by atoms with van der Waals surface area (Å²) < 4.78 is 5.08. The molecule has 136 valence electrons. The van der Waals surface area contributed by atoms with Crippen molar-refractivity contribution in [2.45, 2.75) is 6.10 Å². The van der Waals surface area contributed by atoms with Gasteiger partial charge < -0.3 is 9.57 Å². The van der Waals surface area contributed by atoms with Gasteiger partial charge in [0, 0.05) is 10.6 Å². The molecule has 7 nitrogen and oxygen atoms in total. The van der Waals surface area contributed by atoms with Crippen LogP contribution in [0.2, 0.25) is 5.02 Å². The van der Waals surface area contributed by atoms with Gasteiger partial charge in [-0.3, -0.25) is 14.4 Å². The van der Waals surface area contributed by atoms with Crippen molar-refractivity contribution >= 4 is 40.6 Å². The number of rotatable bonds is 4. The van der Waals surface area contributed by atoms with E-state index in [0.717, 1.165) is 4.90 Å². The van der Waals surface area contributed by atoms with Crippen LogP contribution in [0.5, 0.6) is 5.75 Å². The van der Waals surface area contributed by atoms with Crippen LogP contribution in [0.15, 0.2) is 53.7 Å². The molecular weight excluding hydrogens is 372 g/mol. The molecular formula is C19H13ClN2O5. The maximum Gasteiger partial charge on any atom is 0.278 e. The van der Waals surface area contributed by atoms with Gasteiger partial charge in [-0.2, -0.15) is 0 Å². The fourth-order valence-corrected chi connectivity index (χ4v) is 3.23. The quantitative estimate of drug-likeness (QED) is 0.597. The molecule has 2 atom stereocenters. The first-order valence-electron chi connectivity index (χ1n) is 8.07. The number of Topliss-reactive ketones (excluding diaryl/α,β-unsaturated/α-hetero) is 1. The molecule has 2 amide bonds. The molecule has 27 heavy (non-hydrogen) atoms. The SMILES string of the molecule is COc1ccc(N2C(=O)[C@H]3C(C(=O)c4ccc(Cl)cc4)=NO[C@@H]3C2=O)cc1. The number of nitrogens with zero attached hydrogens (tertiary/aromatic N) is 2. The largest absolute Gasteiger partial charge is 0.497 e. The molecule has 2 aliphatic rings. The highest BCUT2D eigenvalue weighted by Gasteiger charge is 2.57. The zero-order valence-electron chi connectivity index (χ0n) is 14.1. The lowest BCUT2D eigenvalue weighted by Crippen LogP contribution is -2.34. The lowest BCUT2D eigenvalue weighted by Gasteiger charge is -2.15. The van der Waals surface area contributed by atoms with E-state index < -0.39 is 29.6 Å². The van der Waals surface area contributed by atoms with Gasteiger partial charge in [0.2, 0.25) is 17.8 Å². The normalized spacial score (nSPS) is 21.0. The Balaban J connectivity index is 1.63. The number of amides is 2. The smallest absolute Gasteiger partial charge is 0.278 e. The predicted molar refractivity (Wildman–Crippen MR) is 97.1 cm³/mol. The zero-order valence-corrected chi connectivity index (χ0v) is 14.8. The number of ether oxygens (including phenoxy) is 1. The van der Waals surface area contributed by atoms with Gasteiger partial charge in [-0.25, -0.2) is 4.90 Å². The molecule has 0 bridgehead atoms. The summed E-state index contributed by atoms with van der Waals surface area (Å²) in [5.41, 5.74) is 0.601. The Morgan fingerprint density at radius 3 is 2.37 bits per heavy atom. The highest BCUT2D eigenvalue weighted by Crippen LogP contribution is 2.34. The molecule has 4 rings (SSSR count). The van der Waals surface area contributed by atoms with Gasteiger partial charge in [0.1, 0.15) is 17.4 Å². The first-order valence-corrected chi connectivity index (χ1v) is 8.45. The predicted octanol–water partition coefficient (Wildman–Crippen LogP) is 2.48. The summed E-state index contributed by atoms with van der Waals surface area (Å²) in [6.07, 6.45) is -1.13. The van der Waals surface area contributed by atoms with Crippen molar-refractivity contribution in [1.82, 2.24) is 0 Å². The summed E-state index contributed by atoms with van der Waals surface area (Å²) in [6, 6.07) is 12.6. The summed E-state index contributed by atoms with van der Waals surface area (Å²) in [4.78, 5) is 44.4. The zero-order chi connectivity index (χ0) is 19.1. The number of oxime groups is 1. The Morgan fingerprint density at radius 1 is 1.07 bits per heavy atom. The fourth-order valence-electron chi connectivity index (χ4n) is 3.10. The molecule has 1 fully saturated rings. The molecule has 2 aromatic rings. The first-order chi connectivity index (χ1) is 13.0. The van der Waals surface area contributed by atoms with E-state index in [4.69, 9.17) is 21.2 Å². The second-order valence-electron chi connectivity index (χ2n) is 6.03. The van der Waals surface area contributed by atoms with E-state index in [0.29, 0.717) is 22.0 Å². The van der Waals surface area contributed by atoms with Crippen LogP contribution >= 0.6 is 11.6 Å². The van der Waals surface area contributed by atoms with Crippen molar-refractivity contribution in [3.8, 4) is 5.75 Å². The van der Waals surface area contributed by atoms with Gasteiger partial charge in [0.25, 0.3) is 5.91 Å². The lowest BCUT2D eigenvalue weighted by molar-refractivity contribution is -0.126. The van der Waals surface area contributed by atoms with Gasteiger partial charge in [0.05, 0.1) is 12.8 Å². The average molecular weight is 385 g/mol. The van der Waals surface area contributed by atoms with Crippen LogP contribution < -0.4 is 9.64 Å². The van der Waals surface area contributed by atoms with Crippen LogP contribution in [0.3, 0.4) is 0 Å². The van der Waals surface area contributed by atoms with Crippen molar-refractivity contribution in [3.63, 3.8) is 0 Å². The molecule has 0 aromatic heterocycles. The third kappa shape index (κ3) is 2.76. The highest BCUT2D eigenvalue weighted by molar-refractivity contribution is 6.52. The summed E-state index contributed by atoms with van der Waals surface area (Å²) in [5, 5.41) is 4.20. The van der Waals surface area contributed by atoms with Crippen LogP contribution in [-0.4, -0.2) is 36.5 Å². The Kier molecular flexibility index (Phi) is 4.16. The van der Waals surface area contributed by atoms with Crippen LogP contribution in [0, 0.1) is 5.92 Å². The van der Waals surface area contributed by atoms with Crippen LogP contribution in [0.25, 0.3) is 0 Å². The molecule has 0 N–H and O–H groups in total. The Hall–Kier alpha value is -3.19. The molecule has 0 unspecified atom stereocenters. The van der Waals surface area contributed by atoms with Crippen molar-refractivity contribution in [2.24, 2.45) is 11.1 Å². The second kappa shape index (κ2) is 6.51. The number of methoxy groups -OCH3 is 1. The lowest BCUT2D eigenvalue weighted by atomic mass is 9.93. The number of fused-ring (bicyclic) bond motifs is 1. The van der Waals surface area contributed by atoms with Crippen LogP contribution in [0.1, 0.15) is 10.4 Å². The van der Waals surface area contributed by atoms with Crippen LogP contribution in [-0.2, 0) is 14.4 Å². The number of imide groups is 1. The van der Waals surface area contributed by atoms with Crippen molar-refractivity contribution in [1.29, 1.82) is 0 Å². The number of halogens is 1. The van der Waals surface area contributed by atoms with Crippen molar-refractivity contribution < 1.29 is 24.0 Å². The standard InChI is InChI=1S/C19H13ClN2O5/c1-26-13-8-6-12(7-9-13)22-18(24)14-15(21-27-17(14)19(22)25)16(23)10-2-4-11(20)5-3-10/h2-9,14,17H,1H3/t14-,17-/m0/s1. The minimum Gasteiger partial charge on any atom is -0.497 e. The van der Waals surface area contributed by atoms with E-state index in [2.05, 4.69) is 5.16 Å². The second-order valence-corrected chi connectivity index (χ2v) is 6.46. The molecule has 0 saturated carbocycles. The fraction of sp³-hybridized carbons (Fsp3) is 0.158. The number of hydrogen-bond acceptors (Lipinski definition) is 6. The van der Waals surface area contributed by atoms with Crippen molar-refractivity contribution in [3.05, 3.63) is 59.1 Å². The molecule has 1 saturated heterocycles. The third-order valence-electron chi connectivity index (χ3n) is 4.48. The number of carbonyl (C=O) groups excluding carboxylic acids is 3. The average Bonchev–Trinajstić information content (AvgIpc) is 3.22. The van der Waals surface area contributed by atoms with Crippen LogP contribution in [0.4, 0.5) is 5.69 Å². The molecule has 2 aliphatic heterocycles.